The van der Waals surface area contributed by atoms with Gasteiger partial charge in [-0.1, -0.05) is 17.7 Å². The zero-order valence-corrected chi connectivity index (χ0v) is 10.9. The Morgan fingerprint density at radius 1 is 1.44 bits per heavy atom. The van der Waals surface area contributed by atoms with Crippen LogP contribution in [-0.4, -0.2) is 17.8 Å². The lowest BCUT2D eigenvalue weighted by molar-refractivity contribution is 0.00190. The summed E-state index contributed by atoms with van der Waals surface area (Å²) in [6.07, 6.45) is 4.25. The Kier molecular flexibility index (Phi) is 4.72. The van der Waals surface area contributed by atoms with E-state index in [2.05, 4.69) is 0 Å². The smallest absolute Gasteiger partial charge is 0.129 e. The summed E-state index contributed by atoms with van der Waals surface area (Å²) in [4.78, 5) is 0. The largest absolute Gasteiger partial charge is 0.388 e. The number of benzene rings is 1. The molecule has 1 aromatic carbocycles. The molecule has 2 nitrogen and oxygen atoms in total. The molecule has 1 N–H and O–H groups in total. The highest BCUT2D eigenvalue weighted by Crippen LogP contribution is 2.25. The van der Waals surface area contributed by atoms with Crippen LogP contribution in [0.25, 0.3) is 0 Å². The molecule has 1 heterocycles. The SMILES string of the molecule is Cc1ccc(F)c(C(O)CCC2CCCCO2)c1. The minimum Gasteiger partial charge on any atom is -0.388 e. The van der Waals surface area contributed by atoms with Gasteiger partial charge in [-0.15, -0.1) is 0 Å². The Morgan fingerprint density at radius 2 is 2.28 bits per heavy atom. The third-order valence-electron chi connectivity index (χ3n) is 3.55. The second-order valence-electron chi connectivity index (χ2n) is 5.11. The lowest BCUT2D eigenvalue weighted by Gasteiger charge is -2.23. The van der Waals surface area contributed by atoms with E-state index in [1.807, 2.05) is 6.92 Å². The van der Waals surface area contributed by atoms with Gasteiger partial charge in [0, 0.05) is 12.2 Å². The molecule has 1 aliphatic rings. The first-order chi connectivity index (χ1) is 8.66. The fraction of sp³-hybridized carbons (Fsp3) is 0.600. The van der Waals surface area contributed by atoms with Crippen molar-refractivity contribution in [2.75, 3.05) is 6.61 Å². The molecule has 0 radical (unpaired) electrons. The van der Waals surface area contributed by atoms with E-state index in [0.717, 1.165) is 31.4 Å². The van der Waals surface area contributed by atoms with E-state index in [1.165, 1.54) is 12.5 Å². The minimum absolute atomic E-state index is 0.237. The molecule has 1 saturated heterocycles. The van der Waals surface area contributed by atoms with Gasteiger partial charge in [-0.2, -0.15) is 0 Å². The van der Waals surface area contributed by atoms with E-state index in [0.29, 0.717) is 12.0 Å². The maximum Gasteiger partial charge on any atom is 0.129 e. The minimum atomic E-state index is -0.726. The van der Waals surface area contributed by atoms with Gasteiger partial charge in [0.25, 0.3) is 0 Å². The topological polar surface area (TPSA) is 29.5 Å². The molecule has 1 aromatic rings. The maximum atomic E-state index is 13.6. The molecular weight excluding hydrogens is 231 g/mol. The van der Waals surface area contributed by atoms with Crippen molar-refractivity contribution in [1.82, 2.24) is 0 Å². The van der Waals surface area contributed by atoms with Crippen LogP contribution in [0.15, 0.2) is 18.2 Å². The highest BCUT2D eigenvalue weighted by atomic mass is 19.1. The first-order valence-electron chi connectivity index (χ1n) is 6.72. The lowest BCUT2D eigenvalue weighted by Crippen LogP contribution is -2.19. The second-order valence-corrected chi connectivity index (χ2v) is 5.11. The molecule has 0 spiro atoms. The molecular formula is C15H21FO2. The van der Waals surface area contributed by atoms with Gasteiger partial charge >= 0.3 is 0 Å². The van der Waals surface area contributed by atoms with Crippen molar-refractivity contribution < 1.29 is 14.2 Å². The summed E-state index contributed by atoms with van der Waals surface area (Å²) in [7, 11) is 0. The highest BCUT2D eigenvalue weighted by molar-refractivity contribution is 5.25. The summed E-state index contributed by atoms with van der Waals surface area (Å²) >= 11 is 0. The number of ether oxygens (including phenoxy) is 1. The van der Waals surface area contributed by atoms with E-state index in [4.69, 9.17) is 4.74 Å². The van der Waals surface area contributed by atoms with Gasteiger partial charge in [-0.25, -0.2) is 4.39 Å². The highest BCUT2D eigenvalue weighted by Gasteiger charge is 2.18. The van der Waals surface area contributed by atoms with Crippen LogP contribution in [0.5, 0.6) is 0 Å². The second kappa shape index (κ2) is 6.30. The Bertz CT molecular complexity index is 386. The van der Waals surface area contributed by atoms with Crippen LogP contribution in [0.1, 0.15) is 49.3 Å². The molecule has 0 saturated carbocycles. The van der Waals surface area contributed by atoms with Gasteiger partial charge in [0.15, 0.2) is 0 Å². The number of hydrogen-bond acceptors (Lipinski definition) is 2. The summed E-state index contributed by atoms with van der Waals surface area (Å²) in [6, 6.07) is 4.86. The number of aliphatic hydroxyl groups excluding tert-OH is 1. The van der Waals surface area contributed by atoms with Gasteiger partial charge in [0.2, 0.25) is 0 Å². The van der Waals surface area contributed by atoms with Gasteiger partial charge in [0.05, 0.1) is 12.2 Å². The standard InChI is InChI=1S/C15H21FO2/c1-11-5-7-14(16)13(10-11)15(17)8-6-12-4-2-3-9-18-12/h5,7,10,12,15,17H,2-4,6,8-9H2,1H3. The predicted octanol–water partition coefficient (Wildman–Crippen LogP) is 3.52. The van der Waals surface area contributed by atoms with Crippen LogP contribution >= 0.6 is 0 Å². The van der Waals surface area contributed by atoms with E-state index in [-0.39, 0.29) is 11.9 Å². The fourth-order valence-corrected chi connectivity index (χ4v) is 2.45. The quantitative estimate of drug-likeness (QED) is 0.888. The molecule has 1 aliphatic heterocycles. The summed E-state index contributed by atoms with van der Waals surface area (Å²) < 4.78 is 19.2. The van der Waals surface area contributed by atoms with Crippen LogP contribution in [0.4, 0.5) is 4.39 Å². The number of rotatable bonds is 4. The van der Waals surface area contributed by atoms with Crippen LogP contribution in [0.3, 0.4) is 0 Å². The predicted molar refractivity (Wildman–Crippen MR) is 68.9 cm³/mol. The van der Waals surface area contributed by atoms with Crippen molar-refractivity contribution in [1.29, 1.82) is 0 Å². The van der Waals surface area contributed by atoms with Crippen LogP contribution < -0.4 is 0 Å². The molecule has 1 fully saturated rings. The molecule has 100 valence electrons. The van der Waals surface area contributed by atoms with Crippen LogP contribution in [-0.2, 0) is 4.74 Å². The van der Waals surface area contributed by atoms with Crippen molar-refractivity contribution in [3.63, 3.8) is 0 Å². The van der Waals surface area contributed by atoms with Gasteiger partial charge in [-0.3, -0.25) is 0 Å². The maximum absolute atomic E-state index is 13.6. The number of hydrogen-bond donors (Lipinski definition) is 1. The molecule has 0 aliphatic carbocycles. The Morgan fingerprint density at radius 3 is 3.00 bits per heavy atom. The first kappa shape index (κ1) is 13.5. The van der Waals surface area contributed by atoms with Crippen molar-refractivity contribution in [3.05, 3.63) is 35.1 Å². The zero-order chi connectivity index (χ0) is 13.0. The average Bonchev–Trinajstić information content (AvgIpc) is 2.40. The molecule has 0 amide bonds. The third kappa shape index (κ3) is 3.53. The van der Waals surface area contributed by atoms with E-state index in [1.54, 1.807) is 12.1 Å². The Balaban J connectivity index is 1.90. The van der Waals surface area contributed by atoms with Gasteiger partial charge in [0.1, 0.15) is 5.82 Å². The molecule has 2 unspecified atom stereocenters. The monoisotopic (exact) mass is 252 g/mol. The lowest BCUT2D eigenvalue weighted by atomic mass is 9.98. The van der Waals surface area contributed by atoms with Crippen molar-refractivity contribution in [2.45, 2.75) is 51.2 Å². The van der Waals surface area contributed by atoms with Gasteiger partial charge in [-0.05, 0) is 45.1 Å². The van der Waals surface area contributed by atoms with Crippen LogP contribution in [0, 0.1) is 12.7 Å². The summed E-state index contributed by atoms with van der Waals surface area (Å²) in [5.41, 5.74) is 1.38. The summed E-state index contributed by atoms with van der Waals surface area (Å²) in [5.74, 6) is -0.322. The first-order valence-corrected chi connectivity index (χ1v) is 6.72. The molecule has 2 atom stereocenters. The number of aryl methyl sites for hydroxylation is 1. The van der Waals surface area contributed by atoms with Crippen molar-refractivity contribution in [3.8, 4) is 0 Å². The van der Waals surface area contributed by atoms with E-state index in [9.17, 15) is 9.50 Å². The van der Waals surface area contributed by atoms with Crippen LogP contribution in [0.2, 0.25) is 0 Å². The summed E-state index contributed by atoms with van der Waals surface area (Å²) in [5, 5.41) is 10.1. The third-order valence-corrected chi connectivity index (χ3v) is 3.55. The Labute approximate surface area is 108 Å². The normalized spacial score (nSPS) is 21.8. The van der Waals surface area contributed by atoms with E-state index < -0.39 is 6.10 Å². The van der Waals surface area contributed by atoms with Gasteiger partial charge < -0.3 is 9.84 Å². The zero-order valence-electron chi connectivity index (χ0n) is 10.9. The average molecular weight is 252 g/mol. The van der Waals surface area contributed by atoms with Crippen molar-refractivity contribution in [2.24, 2.45) is 0 Å². The number of aliphatic hydroxyl groups is 1. The molecule has 0 bridgehead atoms. The molecule has 2 rings (SSSR count). The Hall–Kier alpha value is -0.930. The van der Waals surface area contributed by atoms with Crippen molar-refractivity contribution >= 4 is 0 Å². The fourth-order valence-electron chi connectivity index (χ4n) is 2.45. The summed E-state index contributed by atoms with van der Waals surface area (Å²) in [6.45, 7) is 2.72. The van der Waals surface area contributed by atoms with E-state index >= 15 is 0 Å². The molecule has 0 aromatic heterocycles. The molecule has 18 heavy (non-hydrogen) atoms. The number of halogens is 1. The molecule has 3 heteroatoms.